The third-order valence-electron chi connectivity index (χ3n) is 4.40. The molecule has 1 saturated carbocycles. The molecule has 4 nitrogen and oxygen atoms in total. The van der Waals surface area contributed by atoms with Crippen LogP contribution < -0.4 is 5.32 Å². The molecular weight excluding hydrogens is 238 g/mol. The monoisotopic (exact) mass is 267 g/mol. The van der Waals surface area contributed by atoms with E-state index in [1.54, 1.807) is 0 Å². The minimum atomic E-state index is 0.255. The number of amides is 1. The quantitative estimate of drug-likeness (QED) is 0.788. The Kier molecular flexibility index (Phi) is 5.22. The third-order valence-corrected chi connectivity index (χ3v) is 4.40. The average Bonchev–Trinajstić information content (AvgIpc) is 3.19. The number of likely N-dealkylation sites (tertiary alicyclic amines) is 1. The second-order valence-electron chi connectivity index (χ2n) is 6.52. The van der Waals surface area contributed by atoms with Gasteiger partial charge in [0.1, 0.15) is 0 Å². The van der Waals surface area contributed by atoms with Crippen LogP contribution >= 0.6 is 0 Å². The van der Waals surface area contributed by atoms with Crippen molar-refractivity contribution in [3.63, 3.8) is 0 Å². The standard InChI is InChI=1S/C15H29N3O/c1-12(2)17(3)15(19)11-18-8-4-5-13(10-18)9-16-14-6-7-14/h12-14,16H,4-11H2,1-3H3. The summed E-state index contributed by atoms with van der Waals surface area (Å²) >= 11 is 0. The molecule has 2 aliphatic rings. The van der Waals surface area contributed by atoms with Crippen LogP contribution in [0.2, 0.25) is 0 Å². The van der Waals surface area contributed by atoms with Crippen molar-refractivity contribution in [2.75, 3.05) is 33.2 Å². The van der Waals surface area contributed by atoms with Crippen molar-refractivity contribution in [1.29, 1.82) is 0 Å². The Morgan fingerprint density at radius 2 is 2.11 bits per heavy atom. The van der Waals surface area contributed by atoms with E-state index in [4.69, 9.17) is 0 Å². The third kappa shape index (κ3) is 4.77. The zero-order valence-corrected chi connectivity index (χ0v) is 12.7. The first-order chi connectivity index (χ1) is 9.06. The fourth-order valence-electron chi connectivity index (χ4n) is 2.67. The van der Waals surface area contributed by atoms with Crippen LogP contribution in [0.4, 0.5) is 0 Å². The number of likely N-dealkylation sites (N-methyl/N-ethyl adjacent to an activating group) is 1. The molecule has 1 amide bonds. The zero-order valence-electron chi connectivity index (χ0n) is 12.7. The number of rotatable bonds is 6. The Balaban J connectivity index is 1.71. The minimum absolute atomic E-state index is 0.255. The lowest BCUT2D eigenvalue weighted by atomic mass is 9.98. The molecule has 0 aromatic rings. The molecule has 19 heavy (non-hydrogen) atoms. The van der Waals surface area contributed by atoms with Gasteiger partial charge in [-0.15, -0.1) is 0 Å². The van der Waals surface area contributed by atoms with Crippen LogP contribution in [0.25, 0.3) is 0 Å². The van der Waals surface area contributed by atoms with Crippen molar-refractivity contribution in [2.24, 2.45) is 5.92 Å². The average molecular weight is 267 g/mol. The van der Waals surface area contributed by atoms with E-state index in [9.17, 15) is 4.79 Å². The molecule has 0 bridgehead atoms. The van der Waals surface area contributed by atoms with Gasteiger partial charge in [-0.25, -0.2) is 0 Å². The predicted octanol–water partition coefficient (Wildman–Crippen LogP) is 1.32. The van der Waals surface area contributed by atoms with Gasteiger partial charge in [0.25, 0.3) is 0 Å². The second-order valence-corrected chi connectivity index (χ2v) is 6.52. The lowest BCUT2D eigenvalue weighted by molar-refractivity contribution is -0.133. The summed E-state index contributed by atoms with van der Waals surface area (Å²) in [5.41, 5.74) is 0. The largest absolute Gasteiger partial charge is 0.342 e. The van der Waals surface area contributed by atoms with Gasteiger partial charge in [0.05, 0.1) is 6.54 Å². The molecule has 1 unspecified atom stereocenters. The fourth-order valence-corrected chi connectivity index (χ4v) is 2.67. The Hall–Kier alpha value is -0.610. The smallest absolute Gasteiger partial charge is 0.236 e. The number of carbonyl (C=O) groups is 1. The van der Waals surface area contributed by atoms with Crippen molar-refractivity contribution >= 4 is 5.91 Å². The summed E-state index contributed by atoms with van der Waals surface area (Å²) in [4.78, 5) is 16.3. The Morgan fingerprint density at radius 3 is 2.74 bits per heavy atom. The van der Waals surface area contributed by atoms with Gasteiger partial charge in [-0.1, -0.05) is 0 Å². The zero-order chi connectivity index (χ0) is 13.8. The molecule has 1 aliphatic heterocycles. The van der Waals surface area contributed by atoms with Crippen LogP contribution in [0.1, 0.15) is 39.5 Å². The Morgan fingerprint density at radius 1 is 1.37 bits per heavy atom. The van der Waals surface area contributed by atoms with Crippen LogP contribution in [0.3, 0.4) is 0 Å². The van der Waals surface area contributed by atoms with Crippen molar-refractivity contribution < 1.29 is 4.79 Å². The Labute approximate surface area is 117 Å². The molecule has 1 saturated heterocycles. The van der Waals surface area contributed by atoms with Crippen molar-refractivity contribution in [3.8, 4) is 0 Å². The topological polar surface area (TPSA) is 35.6 Å². The summed E-state index contributed by atoms with van der Waals surface area (Å²) in [5.74, 6) is 0.984. The summed E-state index contributed by atoms with van der Waals surface area (Å²) in [7, 11) is 1.91. The van der Waals surface area contributed by atoms with Crippen LogP contribution in [0, 0.1) is 5.92 Å². The Bertz CT molecular complexity index is 302. The summed E-state index contributed by atoms with van der Waals surface area (Å²) in [5, 5.41) is 3.62. The van der Waals surface area contributed by atoms with Crippen LogP contribution in [-0.2, 0) is 4.79 Å². The summed E-state index contributed by atoms with van der Waals surface area (Å²) in [6.45, 7) is 8.02. The molecule has 2 rings (SSSR count). The van der Waals surface area contributed by atoms with E-state index >= 15 is 0 Å². The van der Waals surface area contributed by atoms with Gasteiger partial charge in [0.2, 0.25) is 5.91 Å². The number of hydrogen-bond donors (Lipinski definition) is 1. The maximum absolute atomic E-state index is 12.1. The lowest BCUT2D eigenvalue weighted by Crippen LogP contribution is -2.46. The van der Waals surface area contributed by atoms with Crippen LogP contribution in [0.5, 0.6) is 0 Å². The van der Waals surface area contributed by atoms with E-state index < -0.39 is 0 Å². The number of piperidine rings is 1. The van der Waals surface area contributed by atoms with E-state index in [0.29, 0.717) is 12.6 Å². The van der Waals surface area contributed by atoms with E-state index in [0.717, 1.165) is 31.6 Å². The summed E-state index contributed by atoms with van der Waals surface area (Å²) in [6, 6.07) is 1.09. The first kappa shape index (κ1) is 14.8. The maximum Gasteiger partial charge on any atom is 0.236 e. The van der Waals surface area contributed by atoms with Crippen LogP contribution in [-0.4, -0.2) is 61.0 Å². The molecule has 1 N–H and O–H groups in total. The molecule has 110 valence electrons. The summed E-state index contributed by atoms with van der Waals surface area (Å²) in [6.07, 6.45) is 5.25. The number of carbonyl (C=O) groups excluding carboxylic acids is 1. The highest BCUT2D eigenvalue weighted by atomic mass is 16.2. The molecule has 1 atom stereocenters. The van der Waals surface area contributed by atoms with Gasteiger partial charge in [-0.3, -0.25) is 9.69 Å². The molecule has 0 spiro atoms. The van der Waals surface area contributed by atoms with Crippen LogP contribution in [0.15, 0.2) is 0 Å². The molecule has 1 heterocycles. The normalized spacial score (nSPS) is 24.7. The van der Waals surface area contributed by atoms with Gasteiger partial charge in [-0.2, -0.15) is 0 Å². The van der Waals surface area contributed by atoms with Crippen molar-refractivity contribution in [3.05, 3.63) is 0 Å². The molecule has 0 aromatic heterocycles. The predicted molar refractivity (Wildman–Crippen MR) is 78.1 cm³/mol. The highest BCUT2D eigenvalue weighted by molar-refractivity contribution is 5.78. The van der Waals surface area contributed by atoms with E-state index in [1.807, 2.05) is 11.9 Å². The molecular formula is C15H29N3O. The molecule has 1 aliphatic carbocycles. The highest BCUT2D eigenvalue weighted by Gasteiger charge is 2.26. The van der Waals surface area contributed by atoms with E-state index in [1.165, 1.54) is 25.7 Å². The lowest BCUT2D eigenvalue weighted by Gasteiger charge is -2.34. The molecule has 4 heteroatoms. The summed E-state index contributed by atoms with van der Waals surface area (Å²) < 4.78 is 0. The van der Waals surface area contributed by atoms with E-state index in [-0.39, 0.29) is 5.91 Å². The fraction of sp³-hybridized carbons (Fsp3) is 0.933. The van der Waals surface area contributed by atoms with Gasteiger partial charge in [-0.05, 0) is 58.5 Å². The SMILES string of the molecule is CC(C)N(C)C(=O)CN1CCCC(CNC2CC2)C1. The van der Waals surface area contributed by atoms with Gasteiger partial charge in [0.15, 0.2) is 0 Å². The molecule has 0 aromatic carbocycles. The van der Waals surface area contributed by atoms with Crippen molar-refractivity contribution in [1.82, 2.24) is 15.1 Å². The highest BCUT2D eigenvalue weighted by Crippen LogP contribution is 2.21. The first-order valence-corrected chi connectivity index (χ1v) is 7.77. The second kappa shape index (κ2) is 6.71. The molecule has 2 fully saturated rings. The van der Waals surface area contributed by atoms with Gasteiger partial charge >= 0.3 is 0 Å². The van der Waals surface area contributed by atoms with Gasteiger partial charge in [0, 0.05) is 25.7 Å². The van der Waals surface area contributed by atoms with E-state index in [2.05, 4.69) is 24.1 Å². The maximum atomic E-state index is 12.1. The first-order valence-electron chi connectivity index (χ1n) is 7.77. The number of hydrogen-bond acceptors (Lipinski definition) is 3. The molecule has 0 radical (unpaired) electrons. The number of nitrogens with one attached hydrogen (secondary N) is 1. The van der Waals surface area contributed by atoms with Crippen molar-refractivity contribution in [2.45, 2.75) is 51.6 Å². The van der Waals surface area contributed by atoms with Gasteiger partial charge < -0.3 is 10.2 Å². The number of nitrogens with zero attached hydrogens (tertiary/aromatic N) is 2. The minimum Gasteiger partial charge on any atom is -0.342 e.